The van der Waals surface area contributed by atoms with E-state index in [1.54, 1.807) is 20.9 Å². The van der Waals surface area contributed by atoms with Crippen LogP contribution in [0.4, 0.5) is 4.79 Å². The van der Waals surface area contributed by atoms with E-state index in [1.807, 2.05) is 0 Å². The molecule has 116 valence electrons. The summed E-state index contributed by atoms with van der Waals surface area (Å²) in [5.41, 5.74) is 4.54. The second-order valence-electron chi connectivity index (χ2n) is 5.34. The van der Waals surface area contributed by atoms with E-state index in [-0.39, 0.29) is 6.42 Å². The number of amides is 3. The van der Waals surface area contributed by atoms with Crippen LogP contribution in [0.25, 0.3) is 0 Å². The first-order valence-electron chi connectivity index (χ1n) is 6.19. The van der Waals surface area contributed by atoms with Crippen molar-refractivity contribution in [2.24, 2.45) is 12.8 Å². The molecular formula is C12H19N5O4. The zero-order valence-electron chi connectivity index (χ0n) is 12.1. The van der Waals surface area contributed by atoms with E-state index < -0.39 is 29.5 Å². The minimum absolute atomic E-state index is 0.0644. The maximum absolute atomic E-state index is 11.9. The fourth-order valence-corrected chi connectivity index (χ4v) is 1.83. The molecule has 1 atom stereocenters. The summed E-state index contributed by atoms with van der Waals surface area (Å²) < 4.78 is 1.43. The van der Waals surface area contributed by atoms with Gasteiger partial charge in [-0.3, -0.25) is 9.48 Å². The van der Waals surface area contributed by atoms with E-state index in [2.05, 4.69) is 15.7 Å². The lowest BCUT2D eigenvalue weighted by Gasteiger charge is -2.25. The highest BCUT2D eigenvalue weighted by atomic mass is 16.4. The van der Waals surface area contributed by atoms with Crippen molar-refractivity contribution in [3.63, 3.8) is 0 Å². The summed E-state index contributed by atoms with van der Waals surface area (Å²) in [4.78, 5) is 34.0. The summed E-state index contributed by atoms with van der Waals surface area (Å²) in [6, 6.07) is -1.94. The Balaban J connectivity index is 2.74. The van der Waals surface area contributed by atoms with Gasteiger partial charge >= 0.3 is 12.0 Å². The van der Waals surface area contributed by atoms with E-state index in [9.17, 15) is 19.5 Å². The van der Waals surface area contributed by atoms with Crippen LogP contribution >= 0.6 is 0 Å². The molecule has 3 amide bonds. The number of nitrogens with two attached hydrogens (primary N) is 1. The van der Waals surface area contributed by atoms with E-state index in [0.29, 0.717) is 5.56 Å². The minimum atomic E-state index is -1.23. The van der Waals surface area contributed by atoms with Crippen molar-refractivity contribution < 1.29 is 19.5 Å². The number of carbonyl (C=O) groups is 3. The smallest absolute Gasteiger partial charge is 0.331 e. The van der Waals surface area contributed by atoms with Gasteiger partial charge in [-0.1, -0.05) is 0 Å². The van der Waals surface area contributed by atoms with Crippen LogP contribution in [-0.4, -0.2) is 38.3 Å². The summed E-state index contributed by atoms with van der Waals surface area (Å²) in [6.07, 6.45) is 2.78. The standard InChI is InChI=1S/C12H19N5O4/c1-12(2,4-8(13)18)16-11(21)15-9(10(19)20)7-5-14-17(3)6-7/h5-6,9H,4H2,1-3H3,(H2,13,18)(H,19,20)(H2,15,16,21). The molecule has 0 bridgehead atoms. The molecule has 0 aromatic carbocycles. The number of nitrogens with zero attached hydrogens (tertiary/aromatic N) is 2. The minimum Gasteiger partial charge on any atom is -0.479 e. The lowest BCUT2D eigenvalue weighted by atomic mass is 10.0. The molecule has 0 aliphatic rings. The number of aliphatic carboxylic acids is 1. The molecule has 1 heterocycles. The van der Waals surface area contributed by atoms with Gasteiger partial charge in [-0.2, -0.15) is 5.10 Å². The molecule has 0 aliphatic heterocycles. The molecule has 0 saturated carbocycles. The van der Waals surface area contributed by atoms with Gasteiger partial charge in [0.1, 0.15) is 0 Å². The Morgan fingerprint density at radius 2 is 2.10 bits per heavy atom. The topological polar surface area (TPSA) is 139 Å². The van der Waals surface area contributed by atoms with Crippen LogP contribution in [0.3, 0.4) is 0 Å². The lowest BCUT2D eigenvalue weighted by molar-refractivity contribution is -0.139. The quantitative estimate of drug-likeness (QED) is 0.560. The highest BCUT2D eigenvalue weighted by Gasteiger charge is 2.27. The molecular weight excluding hydrogens is 278 g/mol. The molecule has 0 radical (unpaired) electrons. The Hall–Kier alpha value is -2.58. The van der Waals surface area contributed by atoms with Crippen LogP contribution in [0.5, 0.6) is 0 Å². The molecule has 21 heavy (non-hydrogen) atoms. The first kappa shape index (κ1) is 16.5. The van der Waals surface area contributed by atoms with Crippen LogP contribution < -0.4 is 16.4 Å². The average Bonchev–Trinajstić information content (AvgIpc) is 2.69. The maximum Gasteiger partial charge on any atom is 0.331 e. The Morgan fingerprint density at radius 1 is 1.48 bits per heavy atom. The Bertz CT molecular complexity index is 552. The molecule has 0 aliphatic carbocycles. The van der Waals surface area contributed by atoms with Gasteiger partial charge in [-0.25, -0.2) is 9.59 Å². The van der Waals surface area contributed by atoms with Gasteiger partial charge in [0.15, 0.2) is 6.04 Å². The molecule has 5 N–H and O–H groups in total. The Kier molecular flexibility index (Phi) is 4.90. The molecule has 9 nitrogen and oxygen atoms in total. The predicted octanol–water partition coefficient (Wildman–Crippen LogP) is -0.501. The van der Waals surface area contributed by atoms with E-state index in [0.717, 1.165) is 0 Å². The van der Waals surface area contributed by atoms with Crippen molar-refractivity contribution >= 4 is 17.9 Å². The van der Waals surface area contributed by atoms with Gasteiger partial charge in [0.25, 0.3) is 0 Å². The van der Waals surface area contributed by atoms with Gasteiger partial charge in [-0.15, -0.1) is 0 Å². The lowest BCUT2D eigenvalue weighted by Crippen LogP contribution is -2.51. The van der Waals surface area contributed by atoms with Gasteiger partial charge < -0.3 is 21.5 Å². The van der Waals surface area contributed by atoms with Crippen molar-refractivity contribution in [2.75, 3.05) is 0 Å². The van der Waals surface area contributed by atoms with Gasteiger partial charge in [0, 0.05) is 30.8 Å². The van der Waals surface area contributed by atoms with Crippen molar-refractivity contribution in [3.8, 4) is 0 Å². The van der Waals surface area contributed by atoms with Crippen LogP contribution in [-0.2, 0) is 16.6 Å². The highest BCUT2D eigenvalue weighted by molar-refractivity contribution is 5.84. The van der Waals surface area contributed by atoms with Crippen LogP contribution in [0.1, 0.15) is 31.9 Å². The average molecular weight is 297 g/mol. The second-order valence-corrected chi connectivity index (χ2v) is 5.34. The number of urea groups is 1. The summed E-state index contributed by atoms with van der Waals surface area (Å²) in [6.45, 7) is 3.22. The molecule has 1 rings (SSSR count). The van der Waals surface area contributed by atoms with Crippen molar-refractivity contribution in [1.82, 2.24) is 20.4 Å². The third-order valence-corrected chi connectivity index (χ3v) is 2.65. The van der Waals surface area contributed by atoms with Crippen molar-refractivity contribution in [3.05, 3.63) is 18.0 Å². The number of primary amides is 1. The number of aromatic nitrogens is 2. The highest BCUT2D eigenvalue weighted by Crippen LogP contribution is 2.13. The number of rotatable bonds is 6. The first-order valence-corrected chi connectivity index (χ1v) is 6.19. The summed E-state index contributed by atoms with van der Waals surface area (Å²) in [7, 11) is 1.64. The molecule has 1 aromatic heterocycles. The monoisotopic (exact) mass is 297 g/mol. The van der Waals surface area contributed by atoms with Crippen molar-refractivity contribution in [2.45, 2.75) is 31.8 Å². The van der Waals surface area contributed by atoms with Gasteiger partial charge in [0.05, 0.1) is 6.20 Å². The fourth-order valence-electron chi connectivity index (χ4n) is 1.83. The van der Waals surface area contributed by atoms with Gasteiger partial charge in [0.2, 0.25) is 5.91 Å². The number of hydrogen-bond donors (Lipinski definition) is 4. The van der Waals surface area contributed by atoms with Crippen LogP contribution in [0.2, 0.25) is 0 Å². The number of hydrogen-bond acceptors (Lipinski definition) is 4. The molecule has 9 heteroatoms. The molecule has 1 aromatic rings. The van der Waals surface area contributed by atoms with E-state index in [4.69, 9.17) is 5.73 Å². The predicted molar refractivity (Wildman–Crippen MR) is 73.1 cm³/mol. The molecule has 0 fully saturated rings. The van der Waals surface area contributed by atoms with Crippen LogP contribution in [0, 0.1) is 0 Å². The third-order valence-electron chi connectivity index (χ3n) is 2.65. The van der Waals surface area contributed by atoms with E-state index >= 15 is 0 Å². The van der Waals surface area contributed by atoms with Crippen molar-refractivity contribution in [1.29, 1.82) is 0 Å². The van der Waals surface area contributed by atoms with Gasteiger partial charge in [-0.05, 0) is 13.8 Å². The Morgan fingerprint density at radius 3 is 2.52 bits per heavy atom. The zero-order valence-corrected chi connectivity index (χ0v) is 12.1. The first-order chi connectivity index (χ1) is 9.60. The van der Waals surface area contributed by atoms with E-state index in [1.165, 1.54) is 17.1 Å². The third kappa shape index (κ3) is 5.13. The Labute approximate surface area is 121 Å². The number of carboxylic acids is 1. The number of carboxylic acid groups (broad SMARTS) is 1. The largest absolute Gasteiger partial charge is 0.479 e. The molecule has 1 unspecified atom stereocenters. The second kappa shape index (κ2) is 6.25. The zero-order chi connectivity index (χ0) is 16.2. The maximum atomic E-state index is 11.9. The number of aryl methyl sites for hydroxylation is 1. The fraction of sp³-hybridized carbons (Fsp3) is 0.500. The number of carbonyl (C=O) groups excluding carboxylic acids is 2. The SMILES string of the molecule is Cn1cc(C(NC(=O)NC(C)(C)CC(N)=O)C(=O)O)cn1. The van der Waals surface area contributed by atoms with Crippen LogP contribution in [0.15, 0.2) is 12.4 Å². The molecule has 0 saturated heterocycles. The number of nitrogens with one attached hydrogen (secondary N) is 2. The summed E-state index contributed by atoms with van der Waals surface area (Å²) in [5, 5.41) is 17.9. The normalized spacial score (nSPS) is 12.5. The summed E-state index contributed by atoms with van der Waals surface area (Å²) >= 11 is 0. The summed E-state index contributed by atoms with van der Waals surface area (Å²) in [5.74, 6) is -1.78. The molecule has 0 spiro atoms.